The Balaban J connectivity index is 1.53. The van der Waals surface area contributed by atoms with Crippen LogP contribution in [0.15, 0.2) is 0 Å². The van der Waals surface area contributed by atoms with Crippen molar-refractivity contribution >= 4 is 23.4 Å². The zero-order valence-electron chi connectivity index (χ0n) is 10.5. The first-order valence-electron chi connectivity index (χ1n) is 6.87. The zero-order chi connectivity index (χ0) is 12.7. The standard InChI is InChI=1S/C13H19ClN2O2/c14-10-7-12(17)16(8-10)11-3-5-15(6-4-11)13(18)9-1-2-9/h9-11H,1-8H2. The Morgan fingerprint density at radius 1 is 1.17 bits per heavy atom. The number of hydrogen-bond acceptors (Lipinski definition) is 2. The molecule has 3 aliphatic rings. The maximum absolute atomic E-state index is 11.9. The first-order valence-corrected chi connectivity index (χ1v) is 7.31. The number of amides is 2. The first-order chi connectivity index (χ1) is 8.65. The minimum Gasteiger partial charge on any atom is -0.342 e. The molecular weight excluding hydrogens is 252 g/mol. The summed E-state index contributed by atoms with van der Waals surface area (Å²) in [5.41, 5.74) is 0. The molecule has 100 valence electrons. The molecule has 1 saturated carbocycles. The van der Waals surface area contributed by atoms with E-state index in [1.54, 1.807) is 0 Å². The van der Waals surface area contributed by atoms with Crippen LogP contribution in [0.3, 0.4) is 0 Å². The van der Waals surface area contributed by atoms with Gasteiger partial charge in [0.15, 0.2) is 0 Å². The fourth-order valence-corrected chi connectivity index (χ4v) is 3.31. The highest BCUT2D eigenvalue weighted by molar-refractivity contribution is 6.22. The summed E-state index contributed by atoms with van der Waals surface area (Å²) in [5.74, 6) is 0.820. The molecule has 0 spiro atoms. The molecule has 1 unspecified atom stereocenters. The quantitative estimate of drug-likeness (QED) is 0.708. The Hall–Kier alpha value is -0.770. The fourth-order valence-electron chi connectivity index (χ4n) is 3.03. The van der Waals surface area contributed by atoms with Gasteiger partial charge in [0.25, 0.3) is 0 Å². The van der Waals surface area contributed by atoms with Crippen molar-refractivity contribution in [1.82, 2.24) is 9.80 Å². The summed E-state index contributed by atoms with van der Waals surface area (Å²) in [6, 6.07) is 0.296. The molecule has 4 nitrogen and oxygen atoms in total. The van der Waals surface area contributed by atoms with E-state index in [0.717, 1.165) is 38.8 Å². The highest BCUT2D eigenvalue weighted by Gasteiger charge is 2.38. The van der Waals surface area contributed by atoms with Crippen molar-refractivity contribution in [3.63, 3.8) is 0 Å². The molecule has 18 heavy (non-hydrogen) atoms. The van der Waals surface area contributed by atoms with Gasteiger partial charge < -0.3 is 9.80 Å². The maximum atomic E-state index is 11.9. The van der Waals surface area contributed by atoms with Crippen molar-refractivity contribution < 1.29 is 9.59 Å². The maximum Gasteiger partial charge on any atom is 0.225 e. The lowest BCUT2D eigenvalue weighted by molar-refractivity contribution is -0.135. The molecular formula is C13H19ClN2O2. The lowest BCUT2D eigenvalue weighted by Gasteiger charge is -2.36. The predicted octanol–water partition coefficient (Wildman–Crippen LogP) is 1.23. The number of likely N-dealkylation sites (tertiary alicyclic amines) is 2. The van der Waals surface area contributed by atoms with Gasteiger partial charge in [-0.05, 0) is 25.7 Å². The van der Waals surface area contributed by atoms with Crippen LogP contribution in [0.1, 0.15) is 32.1 Å². The summed E-state index contributed by atoms with van der Waals surface area (Å²) in [7, 11) is 0. The third-order valence-corrected chi connectivity index (χ3v) is 4.55. The van der Waals surface area contributed by atoms with Gasteiger partial charge in [-0.1, -0.05) is 0 Å². The topological polar surface area (TPSA) is 40.6 Å². The molecule has 1 atom stereocenters. The van der Waals surface area contributed by atoms with E-state index in [1.165, 1.54) is 0 Å². The summed E-state index contributed by atoms with van der Waals surface area (Å²) in [6.07, 6.45) is 4.43. The van der Waals surface area contributed by atoms with Gasteiger partial charge in [-0.25, -0.2) is 0 Å². The molecule has 3 fully saturated rings. The molecule has 0 aromatic heterocycles. The Morgan fingerprint density at radius 2 is 1.83 bits per heavy atom. The first kappa shape index (κ1) is 12.3. The van der Waals surface area contributed by atoms with Gasteiger partial charge in [0.2, 0.25) is 11.8 Å². The molecule has 0 aromatic rings. The predicted molar refractivity (Wildman–Crippen MR) is 68.3 cm³/mol. The van der Waals surface area contributed by atoms with Crippen molar-refractivity contribution in [3.05, 3.63) is 0 Å². The molecule has 0 bridgehead atoms. The second kappa shape index (κ2) is 4.72. The van der Waals surface area contributed by atoms with Crippen LogP contribution in [-0.2, 0) is 9.59 Å². The van der Waals surface area contributed by atoms with Crippen molar-refractivity contribution in [2.24, 2.45) is 5.92 Å². The molecule has 2 saturated heterocycles. The fraction of sp³-hybridized carbons (Fsp3) is 0.846. The molecule has 0 radical (unpaired) electrons. The van der Waals surface area contributed by atoms with Crippen LogP contribution in [0.2, 0.25) is 0 Å². The van der Waals surface area contributed by atoms with E-state index in [4.69, 9.17) is 11.6 Å². The van der Waals surface area contributed by atoms with Crippen LogP contribution in [0.25, 0.3) is 0 Å². The number of alkyl halides is 1. The van der Waals surface area contributed by atoms with Gasteiger partial charge in [-0.3, -0.25) is 9.59 Å². The summed E-state index contributed by atoms with van der Waals surface area (Å²) >= 11 is 6.02. The highest BCUT2D eigenvalue weighted by Crippen LogP contribution is 2.32. The van der Waals surface area contributed by atoms with Gasteiger partial charge in [-0.2, -0.15) is 0 Å². The third kappa shape index (κ3) is 2.35. The number of carbonyl (C=O) groups excluding carboxylic acids is 2. The van der Waals surface area contributed by atoms with Crippen molar-refractivity contribution in [2.45, 2.75) is 43.5 Å². The second-order valence-corrected chi connectivity index (χ2v) is 6.30. The minimum absolute atomic E-state index is 0.0244. The van der Waals surface area contributed by atoms with Crippen molar-refractivity contribution in [1.29, 1.82) is 0 Å². The Labute approximate surface area is 112 Å². The molecule has 2 heterocycles. The van der Waals surface area contributed by atoms with Crippen LogP contribution in [0.5, 0.6) is 0 Å². The molecule has 3 rings (SSSR count). The van der Waals surface area contributed by atoms with E-state index >= 15 is 0 Å². The number of nitrogens with zero attached hydrogens (tertiary/aromatic N) is 2. The summed E-state index contributed by atoms with van der Waals surface area (Å²) in [5, 5.41) is -0.0244. The second-order valence-electron chi connectivity index (χ2n) is 5.68. The largest absolute Gasteiger partial charge is 0.342 e. The van der Waals surface area contributed by atoms with Gasteiger partial charge in [-0.15, -0.1) is 11.6 Å². The van der Waals surface area contributed by atoms with E-state index in [1.807, 2.05) is 9.80 Å². The van der Waals surface area contributed by atoms with Crippen molar-refractivity contribution in [3.8, 4) is 0 Å². The summed E-state index contributed by atoms with van der Waals surface area (Å²) in [4.78, 5) is 27.6. The van der Waals surface area contributed by atoms with Gasteiger partial charge in [0.1, 0.15) is 0 Å². The monoisotopic (exact) mass is 270 g/mol. The summed E-state index contributed by atoms with van der Waals surface area (Å²) < 4.78 is 0. The zero-order valence-corrected chi connectivity index (χ0v) is 11.2. The van der Waals surface area contributed by atoms with Gasteiger partial charge >= 0.3 is 0 Å². The van der Waals surface area contributed by atoms with E-state index in [-0.39, 0.29) is 11.3 Å². The molecule has 5 heteroatoms. The average Bonchev–Trinajstić information content (AvgIpc) is 3.15. The minimum atomic E-state index is -0.0244. The number of rotatable bonds is 2. The van der Waals surface area contributed by atoms with Gasteiger partial charge in [0.05, 0.1) is 5.38 Å². The highest BCUT2D eigenvalue weighted by atomic mass is 35.5. The smallest absolute Gasteiger partial charge is 0.225 e. The van der Waals surface area contributed by atoms with Crippen LogP contribution in [0, 0.1) is 5.92 Å². The average molecular weight is 271 g/mol. The number of carbonyl (C=O) groups is 2. The molecule has 1 aliphatic carbocycles. The normalized spacial score (nSPS) is 30.1. The van der Waals surface area contributed by atoms with Crippen molar-refractivity contribution in [2.75, 3.05) is 19.6 Å². The lowest BCUT2D eigenvalue weighted by atomic mass is 10.0. The number of halogens is 1. The SMILES string of the molecule is O=C(C1CC1)N1CCC(N2CC(Cl)CC2=O)CC1. The van der Waals surface area contributed by atoms with E-state index in [0.29, 0.717) is 30.8 Å². The van der Waals surface area contributed by atoms with E-state index in [9.17, 15) is 9.59 Å². The van der Waals surface area contributed by atoms with Crippen LogP contribution in [-0.4, -0.2) is 52.7 Å². The molecule has 0 aromatic carbocycles. The van der Waals surface area contributed by atoms with Crippen LogP contribution < -0.4 is 0 Å². The van der Waals surface area contributed by atoms with Gasteiger partial charge in [0, 0.05) is 38.0 Å². The number of piperidine rings is 1. The van der Waals surface area contributed by atoms with Crippen LogP contribution in [0.4, 0.5) is 0 Å². The molecule has 2 aliphatic heterocycles. The Kier molecular flexibility index (Phi) is 3.22. The Bertz CT molecular complexity index is 362. The molecule has 0 N–H and O–H groups in total. The number of hydrogen-bond donors (Lipinski definition) is 0. The van der Waals surface area contributed by atoms with E-state index < -0.39 is 0 Å². The van der Waals surface area contributed by atoms with E-state index in [2.05, 4.69) is 0 Å². The Morgan fingerprint density at radius 3 is 2.33 bits per heavy atom. The lowest BCUT2D eigenvalue weighted by Crippen LogP contribution is -2.47. The third-order valence-electron chi connectivity index (χ3n) is 4.25. The summed E-state index contributed by atoms with van der Waals surface area (Å²) in [6.45, 7) is 2.29. The molecule has 2 amide bonds. The van der Waals surface area contributed by atoms with Crippen LogP contribution >= 0.6 is 11.6 Å².